The number of hydrogen-bond acceptors (Lipinski definition) is 4. The number of nitrogens with one attached hydrogen (secondary N) is 2. The zero-order valence-electron chi connectivity index (χ0n) is 14.7. The van der Waals surface area contributed by atoms with Gasteiger partial charge in [0.1, 0.15) is 0 Å². The molecule has 0 fully saturated rings. The van der Waals surface area contributed by atoms with Crippen molar-refractivity contribution in [2.45, 2.75) is 32.1 Å². The molecule has 0 amide bonds. The van der Waals surface area contributed by atoms with Gasteiger partial charge in [0, 0.05) is 22.0 Å². The molecule has 2 rings (SSSR count). The largest absolute Gasteiger partial charge is 0.370 e. The number of rotatable bonds is 7. The number of anilines is 1. The van der Waals surface area contributed by atoms with Crippen LogP contribution in [-0.4, -0.2) is 27.5 Å². The lowest BCUT2D eigenvalue weighted by molar-refractivity contribution is 0.582. The van der Waals surface area contributed by atoms with Gasteiger partial charge in [0.05, 0.1) is 11.4 Å². The molecule has 1 heterocycles. The van der Waals surface area contributed by atoms with Gasteiger partial charge in [-0.05, 0) is 44.0 Å². The van der Waals surface area contributed by atoms with Gasteiger partial charge in [-0.1, -0.05) is 19.1 Å². The van der Waals surface area contributed by atoms with Crippen LogP contribution in [0.5, 0.6) is 0 Å². The highest BCUT2D eigenvalue weighted by atomic mass is 32.2. The average Bonchev–Trinajstić information content (AvgIpc) is 2.91. The van der Waals surface area contributed by atoms with Crippen molar-refractivity contribution < 1.29 is 8.42 Å². The summed E-state index contributed by atoms with van der Waals surface area (Å²) >= 11 is 1.47. The molecule has 0 aliphatic rings. The van der Waals surface area contributed by atoms with Crippen LogP contribution >= 0.6 is 11.3 Å². The first-order valence-corrected chi connectivity index (χ1v) is 10.3. The van der Waals surface area contributed by atoms with E-state index in [0.717, 1.165) is 21.9 Å². The van der Waals surface area contributed by atoms with E-state index in [2.05, 4.69) is 22.0 Å². The van der Waals surface area contributed by atoms with E-state index in [1.165, 1.54) is 16.9 Å². The minimum Gasteiger partial charge on any atom is -0.370 e. The van der Waals surface area contributed by atoms with Crippen molar-refractivity contribution in [2.75, 3.05) is 18.4 Å². The predicted molar refractivity (Wildman–Crippen MR) is 105 cm³/mol. The van der Waals surface area contributed by atoms with Gasteiger partial charge in [-0.3, -0.25) is 4.99 Å². The Morgan fingerprint density at radius 1 is 1.28 bits per heavy atom. The monoisotopic (exact) mass is 380 g/mol. The molecule has 0 saturated heterocycles. The van der Waals surface area contributed by atoms with Crippen molar-refractivity contribution in [3.05, 3.63) is 45.6 Å². The van der Waals surface area contributed by atoms with Crippen molar-refractivity contribution in [2.24, 2.45) is 10.7 Å². The summed E-state index contributed by atoms with van der Waals surface area (Å²) in [6.45, 7) is 6.22. The van der Waals surface area contributed by atoms with Crippen LogP contribution in [0.25, 0.3) is 0 Å². The van der Waals surface area contributed by atoms with Gasteiger partial charge in [0.15, 0.2) is 5.96 Å². The van der Waals surface area contributed by atoms with Crippen LogP contribution in [0.3, 0.4) is 0 Å². The topological polar surface area (TPSA) is 96.6 Å². The Bertz CT molecular complexity index is 857. The Kier molecular flexibility index (Phi) is 6.57. The summed E-state index contributed by atoms with van der Waals surface area (Å²) in [6, 6.07) is 9.59. The van der Waals surface area contributed by atoms with E-state index in [1.54, 1.807) is 13.0 Å². The average molecular weight is 381 g/mol. The number of hydrogen-bond donors (Lipinski definition) is 3. The lowest BCUT2D eigenvalue weighted by atomic mass is 10.1. The minimum atomic E-state index is -3.51. The molecular weight excluding hydrogens is 356 g/mol. The van der Waals surface area contributed by atoms with Crippen LogP contribution in [0.4, 0.5) is 5.69 Å². The molecule has 0 aliphatic carbocycles. The predicted octanol–water partition coefficient (Wildman–Crippen LogP) is 2.63. The molecule has 0 spiro atoms. The van der Waals surface area contributed by atoms with Gasteiger partial charge in [-0.15, -0.1) is 11.3 Å². The van der Waals surface area contributed by atoms with Crippen LogP contribution in [0, 0.1) is 13.8 Å². The Morgan fingerprint density at radius 3 is 2.68 bits per heavy atom. The van der Waals surface area contributed by atoms with Crippen LogP contribution in [0.15, 0.2) is 40.2 Å². The number of nitrogens with zero attached hydrogens (tertiary/aromatic N) is 1. The highest BCUT2D eigenvalue weighted by molar-refractivity contribution is 7.89. The molecule has 0 bridgehead atoms. The first kappa shape index (κ1) is 19.4. The molecule has 2 aromatic rings. The number of benzene rings is 1. The number of thiophene rings is 1. The second kappa shape index (κ2) is 8.46. The van der Waals surface area contributed by atoms with Crippen molar-refractivity contribution in [3.8, 4) is 0 Å². The van der Waals surface area contributed by atoms with E-state index < -0.39 is 10.0 Å². The maximum Gasteiger partial charge on any atom is 0.241 e. The lowest BCUT2D eigenvalue weighted by Crippen LogP contribution is -2.28. The molecular formula is C17H24N4O2S2. The maximum absolute atomic E-state index is 12.3. The SMILES string of the molecule is CCc1cccc(NC(N)=NCCNS(=O)(=O)c2cc(C)sc2C)c1. The molecule has 4 N–H and O–H groups in total. The summed E-state index contributed by atoms with van der Waals surface area (Å²) in [7, 11) is -3.51. The fraction of sp³-hybridized carbons (Fsp3) is 0.353. The van der Waals surface area contributed by atoms with E-state index in [0.29, 0.717) is 4.90 Å². The third-order valence-electron chi connectivity index (χ3n) is 3.58. The molecule has 6 nitrogen and oxygen atoms in total. The van der Waals surface area contributed by atoms with Crippen molar-refractivity contribution in [1.29, 1.82) is 0 Å². The standard InChI is InChI=1S/C17H24N4O2S2/c1-4-14-6-5-7-15(11-14)21-17(18)19-8-9-20-25(22,23)16-10-12(2)24-13(16)3/h5-7,10-11,20H,4,8-9H2,1-3H3,(H3,18,19,21). The Labute approximate surface area is 153 Å². The first-order valence-electron chi connectivity index (χ1n) is 8.04. The maximum atomic E-state index is 12.3. The molecule has 1 aromatic carbocycles. The zero-order valence-corrected chi connectivity index (χ0v) is 16.3. The number of aryl methyl sites for hydroxylation is 3. The molecule has 136 valence electrons. The third kappa shape index (κ3) is 5.55. The van der Waals surface area contributed by atoms with E-state index in [9.17, 15) is 8.42 Å². The molecule has 0 atom stereocenters. The number of sulfonamides is 1. The summed E-state index contributed by atoms with van der Waals surface area (Å²) < 4.78 is 27.1. The summed E-state index contributed by atoms with van der Waals surface area (Å²) in [5, 5.41) is 3.01. The van der Waals surface area contributed by atoms with Gasteiger partial charge in [-0.25, -0.2) is 13.1 Å². The fourth-order valence-electron chi connectivity index (χ4n) is 2.36. The summed E-state index contributed by atoms with van der Waals surface area (Å²) in [4.78, 5) is 6.25. The van der Waals surface area contributed by atoms with E-state index >= 15 is 0 Å². The zero-order chi connectivity index (χ0) is 18.4. The van der Waals surface area contributed by atoms with Gasteiger partial charge >= 0.3 is 0 Å². The first-order chi connectivity index (χ1) is 11.8. The van der Waals surface area contributed by atoms with Crippen LogP contribution in [0.2, 0.25) is 0 Å². The van der Waals surface area contributed by atoms with Gasteiger partial charge in [-0.2, -0.15) is 0 Å². The normalized spacial score (nSPS) is 12.4. The summed E-state index contributed by atoms with van der Waals surface area (Å²) in [5.74, 6) is 0.259. The highest BCUT2D eigenvalue weighted by Gasteiger charge is 2.18. The second-order valence-corrected chi connectivity index (χ2v) is 8.82. The van der Waals surface area contributed by atoms with E-state index in [-0.39, 0.29) is 19.0 Å². The van der Waals surface area contributed by atoms with Crippen molar-refractivity contribution >= 4 is 33.0 Å². The number of nitrogens with two attached hydrogens (primary N) is 1. The molecule has 0 radical (unpaired) electrons. The molecule has 1 aromatic heterocycles. The molecule has 0 unspecified atom stereocenters. The lowest BCUT2D eigenvalue weighted by Gasteiger charge is -2.08. The van der Waals surface area contributed by atoms with Crippen molar-refractivity contribution in [1.82, 2.24) is 4.72 Å². The molecule has 8 heteroatoms. The quantitative estimate of drug-likeness (QED) is 0.391. The second-order valence-electron chi connectivity index (χ2n) is 5.62. The third-order valence-corrected chi connectivity index (χ3v) is 6.26. The Hall–Kier alpha value is -1.90. The molecule has 0 saturated carbocycles. The van der Waals surface area contributed by atoms with Crippen LogP contribution < -0.4 is 15.8 Å². The molecule has 25 heavy (non-hydrogen) atoms. The summed E-state index contributed by atoms with van der Waals surface area (Å²) in [5.41, 5.74) is 7.92. The van der Waals surface area contributed by atoms with E-state index in [4.69, 9.17) is 5.73 Å². The van der Waals surface area contributed by atoms with Gasteiger partial charge in [0.25, 0.3) is 0 Å². The van der Waals surface area contributed by atoms with Crippen molar-refractivity contribution in [3.63, 3.8) is 0 Å². The molecule has 0 aliphatic heterocycles. The number of guanidine groups is 1. The van der Waals surface area contributed by atoms with Gasteiger partial charge in [0.2, 0.25) is 10.0 Å². The van der Waals surface area contributed by atoms with E-state index in [1.807, 2.05) is 31.2 Å². The summed E-state index contributed by atoms with van der Waals surface area (Å²) in [6.07, 6.45) is 0.940. The van der Waals surface area contributed by atoms with Crippen LogP contribution in [0.1, 0.15) is 22.2 Å². The Morgan fingerprint density at radius 2 is 2.04 bits per heavy atom. The van der Waals surface area contributed by atoms with Crippen LogP contribution in [-0.2, 0) is 16.4 Å². The smallest absolute Gasteiger partial charge is 0.241 e. The highest BCUT2D eigenvalue weighted by Crippen LogP contribution is 2.24. The fourth-order valence-corrected chi connectivity index (χ4v) is 4.94. The Balaban J connectivity index is 1.88. The van der Waals surface area contributed by atoms with Gasteiger partial charge < -0.3 is 11.1 Å². The number of aliphatic imine (C=N–C) groups is 1. The minimum absolute atomic E-state index is 0.189.